The first-order valence-corrected chi connectivity index (χ1v) is 6.50. The van der Waals surface area contributed by atoms with E-state index < -0.39 is 15.5 Å². The predicted molar refractivity (Wildman–Crippen MR) is 81.6 cm³/mol. The van der Waals surface area contributed by atoms with Gasteiger partial charge in [-0.15, -0.1) is 0 Å². The number of nitrogens with zero attached hydrogens (tertiary/aromatic N) is 3. The monoisotopic (exact) mass is 311 g/mol. The Morgan fingerprint density at radius 3 is 2.52 bits per heavy atom. The molecule has 23 heavy (non-hydrogen) atoms. The maximum atomic E-state index is 11.1. The third-order valence-corrected chi connectivity index (χ3v) is 3.15. The second-order valence-corrected chi connectivity index (χ2v) is 4.63. The summed E-state index contributed by atoms with van der Waals surface area (Å²) in [6.07, 6.45) is 1.66. The topological polar surface area (TPSA) is 108 Å². The lowest BCUT2D eigenvalue weighted by Gasteiger charge is -2.07. The third-order valence-electron chi connectivity index (χ3n) is 3.15. The largest absolute Gasteiger partial charge is 0.450 e. The lowest BCUT2D eigenvalue weighted by atomic mass is 10.2. The molecule has 1 heterocycles. The van der Waals surface area contributed by atoms with Crippen LogP contribution in [0, 0.1) is 20.2 Å². The van der Waals surface area contributed by atoms with Gasteiger partial charge in [-0.05, 0) is 30.3 Å². The van der Waals surface area contributed by atoms with Crippen LogP contribution in [0.25, 0.3) is 10.9 Å². The van der Waals surface area contributed by atoms with Gasteiger partial charge in [0.1, 0.15) is 5.75 Å². The van der Waals surface area contributed by atoms with Gasteiger partial charge in [0.15, 0.2) is 0 Å². The van der Waals surface area contributed by atoms with E-state index in [4.69, 9.17) is 4.74 Å². The van der Waals surface area contributed by atoms with Crippen LogP contribution in [0.15, 0.2) is 54.7 Å². The van der Waals surface area contributed by atoms with Crippen LogP contribution >= 0.6 is 0 Å². The summed E-state index contributed by atoms with van der Waals surface area (Å²) in [6.45, 7) is 0. The van der Waals surface area contributed by atoms with E-state index in [0.717, 1.165) is 23.0 Å². The first-order chi connectivity index (χ1) is 11.0. The van der Waals surface area contributed by atoms with Crippen LogP contribution in [-0.2, 0) is 0 Å². The number of fused-ring (bicyclic) bond motifs is 1. The van der Waals surface area contributed by atoms with E-state index >= 15 is 0 Å². The van der Waals surface area contributed by atoms with Gasteiger partial charge in [-0.2, -0.15) is 0 Å². The van der Waals surface area contributed by atoms with Crippen LogP contribution in [0.3, 0.4) is 0 Å². The van der Waals surface area contributed by atoms with E-state index in [9.17, 15) is 20.2 Å². The maximum absolute atomic E-state index is 11.1. The zero-order chi connectivity index (χ0) is 16.4. The molecule has 0 N–H and O–H groups in total. The fourth-order valence-electron chi connectivity index (χ4n) is 2.09. The van der Waals surface area contributed by atoms with E-state index in [1.807, 2.05) is 6.07 Å². The van der Waals surface area contributed by atoms with E-state index in [1.165, 1.54) is 6.07 Å². The Kier molecular flexibility index (Phi) is 3.55. The predicted octanol–water partition coefficient (Wildman–Crippen LogP) is 3.84. The molecule has 3 aromatic rings. The van der Waals surface area contributed by atoms with Gasteiger partial charge in [-0.3, -0.25) is 25.2 Å². The molecule has 0 aliphatic rings. The lowest BCUT2D eigenvalue weighted by Crippen LogP contribution is -1.96. The number of benzene rings is 2. The second-order valence-electron chi connectivity index (χ2n) is 4.63. The molecule has 0 fully saturated rings. The molecule has 0 bridgehead atoms. The molecule has 8 nitrogen and oxygen atoms in total. The smallest absolute Gasteiger partial charge is 0.318 e. The van der Waals surface area contributed by atoms with Crippen LogP contribution < -0.4 is 4.74 Å². The summed E-state index contributed by atoms with van der Waals surface area (Å²) in [6, 6.07) is 11.9. The third kappa shape index (κ3) is 2.91. The Bertz CT molecular complexity index is 926. The molecule has 0 atom stereocenters. The summed E-state index contributed by atoms with van der Waals surface area (Å²) >= 11 is 0. The summed E-state index contributed by atoms with van der Waals surface area (Å²) in [7, 11) is 0. The number of nitro groups is 2. The number of ether oxygens (including phenoxy) is 1. The van der Waals surface area contributed by atoms with Crippen molar-refractivity contribution in [1.29, 1.82) is 0 Å². The van der Waals surface area contributed by atoms with Gasteiger partial charge in [0, 0.05) is 17.6 Å². The number of nitro benzene ring substituents is 2. The number of aromatic nitrogens is 1. The Morgan fingerprint density at radius 2 is 1.78 bits per heavy atom. The summed E-state index contributed by atoms with van der Waals surface area (Å²) in [4.78, 5) is 24.6. The van der Waals surface area contributed by atoms with E-state index in [0.29, 0.717) is 5.75 Å². The second kappa shape index (κ2) is 5.68. The maximum Gasteiger partial charge on any atom is 0.318 e. The highest BCUT2D eigenvalue weighted by molar-refractivity contribution is 5.79. The van der Waals surface area contributed by atoms with Crippen molar-refractivity contribution in [3.05, 3.63) is 75.0 Å². The SMILES string of the molecule is O=[N+]([O-])c1ccc(Oc2ccc3ncccc3c2)c([N+](=O)[O-])c1. The zero-order valence-electron chi connectivity index (χ0n) is 11.6. The molecule has 0 saturated carbocycles. The molecular formula is C15H9N3O5. The van der Waals surface area contributed by atoms with Gasteiger partial charge in [-0.1, -0.05) is 6.07 Å². The van der Waals surface area contributed by atoms with E-state index in [1.54, 1.807) is 30.5 Å². The average Bonchev–Trinajstić information content (AvgIpc) is 2.54. The van der Waals surface area contributed by atoms with Gasteiger partial charge in [0.2, 0.25) is 5.75 Å². The Balaban J connectivity index is 2.00. The summed E-state index contributed by atoms with van der Waals surface area (Å²) in [5, 5.41) is 22.6. The quantitative estimate of drug-likeness (QED) is 0.535. The molecule has 3 rings (SSSR count). The number of pyridine rings is 1. The van der Waals surface area contributed by atoms with Crippen LogP contribution in [0.1, 0.15) is 0 Å². The van der Waals surface area contributed by atoms with Crippen molar-refractivity contribution in [3.63, 3.8) is 0 Å². The van der Waals surface area contributed by atoms with Crippen LogP contribution in [0.2, 0.25) is 0 Å². The standard InChI is InChI=1S/C15H9N3O5/c19-17(20)11-3-6-15(14(9-11)18(21)22)23-12-4-5-13-10(8-12)2-1-7-16-13/h1-9H. The van der Waals surface area contributed by atoms with Crippen LogP contribution in [0.5, 0.6) is 11.5 Å². The molecule has 0 unspecified atom stereocenters. The van der Waals surface area contributed by atoms with Crippen molar-refractivity contribution in [1.82, 2.24) is 4.98 Å². The van der Waals surface area contributed by atoms with Crippen molar-refractivity contribution in [3.8, 4) is 11.5 Å². The molecule has 0 aliphatic carbocycles. The minimum atomic E-state index is -0.717. The highest BCUT2D eigenvalue weighted by atomic mass is 16.6. The van der Waals surface area contributed by atoms with Crippen molar-refractivity contribution < 1.29 is 14.6 Å². The summed E-state index contributed by atoms with van der Waals surface area (Å²) in [5.41, 5.74) is -0.0738. The van der Waals surface area contributed by atoms with Gasteiger partial charge in [-0.25, -0.2) is 0 Å². The molecular weight excluding hydrogens is 302 g/mol. The molecule has 8 heteroatoms. The molecule has 0 spiro atoms. The minimum Gasteiger partial charge on any atom is -0.450 e. The average molecular weight is 311 g/mol. The van der Waals surface area contributed by atoms with Gasteiger partial charge in [0.05, 0.1) is 21.4 Å². The highest BCUT2D eigenvalue weighted by Gasteiger charge is 2.21. The molecule has 0 aliphatic heterocycles. The Labute approximate surface area is 129 Å². The van der Waals surface area contributed by atoms with Crippen molar-refractivity contribution in [2.75, 3.05) is 0 Å². The molecule has 1 aromatic heterocycles. The van der Waals surface area contributed by atoms with Gasteiger partial charge < -0.3 is 4.74 Å². The number of non-ortho nitro benzene ring substituents is 1. The molecule has 2 aromatic carbocycles. The number of hydrogen-bond acceptors (Lipinski definition) is 6. The van der Waals surface area contributed by atoms with Crippen molar-refractivity contribution in [2.45, 2.75) is 0 Å². The number of hydrogen-bond donors (Lipinski definition) is 0. The summed E-state index contributed by atoms with van der Waals surface area (Å²) in [5.74, 6) is 0.311. The highest BCUT2D eigenvalue weighted by Crippen LogP contribution is 2.35. The Hall–Kier alpha value is -3.55. The number of rotatable bonds is 4. The molecule has 114 valence electrons. The fraction of sp³-hybridized carbons (Fsp3) is 0. The lowest BCUT2D eigenvalue weighted by molar-refractivity contribution is -0.394. The van der Waals surface area contributed by atoms with Gasteiger partial charge in [0.25, 0.3) is 5.69 Å². The van der Waals surface area contributed by atoms with Crippen LogP contribution in [0.4, 0.5) is 11.4 Å². The summed E-state index contributed by atoms with van der Waals surface area (Å²) < 4.78 is 5.52. The molecule has 0 saturated heterocycles. The van der Waals surface area contributed by atoms with Crippen molar-refractivity contribution in [2.24, 2.45) is 0 Å². The normalized spacial score (nSPS) is 10.4. The first kappa shape index (κ1) is 14.4. The molecule has 0 amide bonds. The zero-order valence-corrected chi connectivity index (χ0v) is 11.6. The minimum absolute atomic E-state index is 0.0659. The van der Waals surface area contributed by atoms with Gasteiger partial charge >= 0.3 is 5.69 Å². The van der Waals surface area contributed by atoms with E-state index in [2.05, 4.69) is 4.98 Å². The van der Waals surface area contributed by atoms with Crippen molar-refractivity contribution >= 4 is 22.3 Å². The van der Waals surface area contributed by atoms with Crippen LogP contribution in [-0.4, -0.2) is 14.8 Å². The first-order valence-electron chi connectivity index (χ1n) is 6.50. The fourth-order valence-corrected chi connectivity index (χ4v) is 2.09. The Morgan fingerprint density at radius 1 is 0.957 bits per heavy atom. The molecule has 0 radical (unpaired) electrons. The van der Waals surface area contributed by atoms with E-state index in [-0.39, 0.29) is 11.4 Å².